The van der Waals surface area contributed by atoms with Gasteiger partial charge in [0.1, 0.15) is 10.6 Å². The molecule has 0 atom stereocenters. The minimum absolute atomic E-state index is 0.0808. The lowest BCUT2D eigenvalue weighted by Gasteiger charge is -2.10. The normalized spacial score (nSPS) is 12.7. The van der Waals surface area contributed by atoms with Crippen LogP contribution in [0.3, 0.4) is 0 Å². The zero-order chi connectivity index (χ0) is 23.3. The van der Waals surface area contributed by atoms with Crippen LogP contribution in [0.15, 0.2) is 29.2 Å². The monoisotopic (exact) mass is 456 g/mol. The number of aryl methyl sites for hydroxylation is 2. The first kappa shape index (κ1) is 22.9. The number of fused-ring (bicyclic) bond motifs is 1. The number of hydrogen-bond acceptors (Lipinski definition) is 4. The second-order valence-corrected chi connectivity index (χ2v) is 9.49. The van der Waals surface area contributed by atoms with Crippen molar-refractivity contribution in [3.05, 3.63) is 46.9 Å². The molecule has 168 valence electrons. The lowest BCUT2D eigenvalue weighted by atomic mass is 10.1. The summed E-state index contributed by atoms with van der Waals surface area (Å²) in [4.78, 5) is 12.7. The average Bonchev–Trinajstić information content (AvgIpc) is 3.10. The van der Waals surface area contributed by atoms with E-state index in [2.05, 4.69) is 5.10 Å². The Kier molecular flexibility index (Phi) is 5.68. The molecule has 0 unspecified atom stereocenters. The summed E-state index contributed by atoms with van der Waals surface area (Å²) >= 11 is 0. The fraction of sp³-hybridized carbons (Fsp3) is 0.400. The van der Waals surface area contributed by atoms with Gasteiger partial charge in [0.15, 0.2) is 0 Å². The zero-order valence-corrected chi connectivity index (χ0v) is 18.5. The van der Waals surface area contributed by atoms with Gasteiger partial charge in [0.25, 0.3) is 15.9 Å². The van der Waals surface area contributed by atoms with Crippen molar-refractivity contribution in [2.24, 2.45) is 13.0 Å². The first-order chi connectivity index (χ1) is 14.2. The number of rotatable bonds is 5. The zero-order valence-electron chi connectivity index (χ0n) is 17.7. The van der Waals surface area contributed by atoms with E-state index in [1.165, 1.54) is 23.7 Å². The third-order valence-electron chi connectivity index (χ3n) is 4.95. The van der Waals surface area contributed by atoms with Gasteiger partial charge in [-0.1, -0.05) is 13.8 Å². The van der Waals surface area contributed by atoms with Gasteiger partial charge >= 0.3 is 6.18 Å². The summed E-state index contributed by atoms with van der Waals surface area (Å²) in [6, 6.07) is 4.31. The molecule has 7 nitrogen and oxygen atoms in total. The molecule has 0 spiro atoms. The van der Waals surface area contributed by atoms with E-state index >= 15 is 0 Å². The summed E-state index contributed by atoms with van der Waals surface area (Å²) in [5.74, 6) is -0.705. The Morgan fingerprint density at radius 3 is 2.42 bits per heavy atom. The Bertz CT molecular complexity index is 1270. The molecule has 0 aliphatic carbocycles. The Morgan fingerprint density at radius 1 is 1.19 bits per heavy atom. The van der Waals surface area contributed by atoms with E-state index in [4.69, 9.17) is 0 Å². The molecule has 2 heterocycles. The second-order valence-electron chi connectivity index (χ2n) is 7.87. The van der Waals surface area contributed by atoms with Crippen LogP contribution >= 0.6 is 0 Å². The summed E-state index contributed by atoms with van der Waals surface area (Å²) < 4.78 is 69.7. The van der Waals surface area contributed by atoms with Crippen LogP contribution in [0, 0.1) is 19.8 Å². The number of carbonyl (C=O) groups is 1. The number of carbonyl (C=O) groups excluding carboxylic acids is 1. The van der Waals surface area contributed by atoms with Gasteiger partial charge in [0.05, 0.1) is 17.0 Å². The van der Waals surface area contributed by atoms with Gasteiger partial charge in [-0.2, -0.15) is 18.3 Å². The Balaban J connectivity index is 1.97. The summed E-state index contributed by atoms with van der Waals surface area (Å²) in [5, 5.41) is 4.43. The maximum atomic E-state index is 13.0. The maximum absolute atomic E-state index is 13.0. The van der Waals surface area contributed by atoms with Crippen LogP contribution in [0.2, 0.25) is 0 Å². The van der Waals surface area contributed by atoms with E-state index in [-0.39, 0.29) is 27.6 Å². The molecule has 1 N–H and O–H groups in total. The van der Waals surface area contributed by atoms with E-state index < -0.39 is 27.7 Å². The molecule has 31 heavy (non-hydrogen) atoms. The molecule has 3 aromatic rings. The van der Waals surface area contributed by atoms with Crippen LogP contribution in [-0.4, -0.2) is 28.7 Å². The molecule has 0 saturated heterocycles. The molecule has 0 fully saturated rings. The first-order valence-electron chi connectivity index (χ1n) is 9.50. The lowest BCUT2D eigenvalue weighted by molar-refractivity contribution is -0.137. The lowest BCUT2D eigenvalue weighted by Crippen LogP contribution is -2.32. The van der Waals surface area contributed by atoms with Crippen molar-refractivity contribution in [3.63, 3.8) is 0 Å². The highest BCUT2D eigenvalue weighted by Gasteiger charge is 2.32. The quantitative estimate of drug-likeness (QED) is 0.633. The van der Waals surface area contributed by atoms with Gasteiger partial charge in [0, 0.05) is 24.5 Å². The number of halogens is 3. The predicted octanol–water partition coefficient (Wildman–Crippen LogP) is 3.79. The highest BCUT2D eigenvalue weighted by molar-refractivity contribution is 7.90. The number of alkyl halides is 3. The van der Waals surface area contributed by atoms with Crippen molar-refractivity contribution < 1.29 is 26.4 Å². The van der Waals surface area contributed by atoms with Crippen LogP contribution in [0.1, 0.15) is 41.3 Å². The highest BCUT2D eigenvalue weighted by atomic mass is 32.2. The van der Waals surface area contributed by atoms with Crippen molar-refractivity contribution >= 4 is 26.8 Å². The molecule has 1 aromatic carbocycles. The molecule has 3 rings (SSSR count). The fourth-order valence-electron chi connectivity index (χ4n) is 3.56. The van der Waals surface area contributed by atoms with Crippen LogP contribution in [0.4, 0.5) is 13.2 Å². The smallest absolute Gasteiger partial charge is 0.340 e. The molecule has 0 saturated carbocycles. The SMILES string of the molecule is Cc1nn(CC(C)C)c(C)c1S(=O)(=O)NC(=O)c1cc2cc(C(F)(F)F)ccc2n1C. The Hall–Kier alpha value is -2.82. The number of amides is 1. The summed E-state index contributed by atoms with van der Waals surface area (Å²) in [5.41, 5.74) is 0.0908. The van der Waals surface area contributed by atoms with Gasteiger partial charge in [-0.3, -0.25) is 9.48 Å². The number of nitrogens with one attached hydrogen (secondary N) is 1. The highest BCUT2D eigenvalue weighted by Crippen LogP contribution is 2.32. The van der Waals surface area contributed by atoms with E-state index in [0.29, 0.717) is 17.8 Å². The molecule has 0 aliphatic rings. The van der Waals surface area contributed by atoms with Crippen LogP contribution in [-0.2, 0) is 29.8 Å². The molecule has 11 heteroatoms. The van der Waals surface area contributed by atoms with Gasteiger partial charge in [-0.15, -0.1) is 0 Å². The maximum Gasteiger partial charge on any atom is 0.416 e. The van der Waals surface area contributed by atoms with Crippen molar-refractivity contribution in [2.45, 2.75) is 45.3 Å². The standard InChI is InChI=1S/C20H23F3N4O3S/c1-11(2)10-27-13(4)18(12(3)24-27)31(29,30)25-19(28)17-9-14-8-15(20(21,22)23)6-7-16(14)26(17)5/h6-9,11H,10H2,1-5H3,(H,25,28). The van der Waals surface area contributed by atoms with E-state index in [1.54, 1.807) is 18.5 Å². The topological polar surface area (TPSA) is 86.0 Å². The molecule has 2 aromatic heterocycles. The van der Waals surface area contributed by atoms with Crippen molar-refractivity contribution in [2.75, 3.05) is 0 Å². The van der Waals surface area contributed by atoms with Gasteiger partial charge in [0.2, 0.25) is 0 Å². The van der Waals surface area contributed by atoms with Crippen LogP contribution < -0.4 is 4.72 Å². The molecule has 0 radical (unpaired) electrons. The Morgan fingerprint density at radius 2 is 1.84 bits per heavy atom. The third kappa shape index (κ3) is 4.32. The van der Waals surface area contributed by atoms with E-state index in [0.717, 1.165) is 12.1 Å². The largest absolute Gasteiger partial charge is 0.416 e. The Labute approximate surface area is 177 Å². The van der Waals surface area contributed by atoms with E-state index in [9.17, 15) is 26.4 Å². The van der Waals surface area contributed by atoms with Gasteiger partial charge in [-0.05, 0) is 44.0 Å². The number of benzene rings is 1. The summed E-state index contributed by atoms with van der Waals surface area (Å²) in [6.45, 7) is 7.60. The molecule has 0 aliphatic heterocycles. The minimum atomic E-state index is -4.53. The summed E-state index contributed by atoms with van der Waals surface area (Å²) in [7, 11) is -2.77. The van der Waals surface area contributed by atoms with Crippen LogP contribution in [0.5, 0.6) is 0 Å². The predicted molar refractivity (Wildman–Crippen MR) is 109 cm³/mol. The molecule has 0 bridgehead atoms. The number of aromatic nitrogens is 3. The second kappa shape index (κ2) is 7.70. The number of sulfonamides is 1. The van der Waals surface area contributed by atoms with Gasteiger partial charge in [-0.25, -0.2) is 13.1 Å². The molecular formula is C20H23F3N4O3S. The number of hydrogen-bond donors (Lipinski definition) is 1. The molecular weight excluding hydrogens is 433 g/mol. The van der Waals surface area contributed by atoms with Crippen molar-refractivity contribution in [3.8, 4) is 0 Å². The van der Waals surface area contributed by atoms with Crippen molar-refractivity contribution in [1.82, 2.24) is 19.1 Å². The average molecular weight is 456 g/mol. The fourth-order valence-corrected chi connectivity index (χ4v) is 4.94. The van der Waals surface area contributed by atoms with E-state index in [1.807, 2.05) is 18.6 Å². The van der Waals surface area contributed by atoms with Crippen LogP contribution in [0.25, 0.3) is 10.9 Å². The molecule has 1 amide bonds. The van der Waals surface area contributed by atoms with Crippen molar-refractivity contribution in [1.29, 1.82) is 0 Å². The van der Waals surface area contributed by atoms with Gasteiger partial charge < -0.3 is 4.57 Å². The summed E-state index contributed by atoms with van der Waals surface area (Å²) in [6.07, 6.45) is -4.53. The minimum Gasteiger partial charge on any atom is -0.340 e. The number of nitrogens with zero attached hydrogens (tertiary/aromatic N) is 3. The third-order valence-corrected chi connectivity index (χ3v) is 6.53. The first-order valence-corrected chi connectivity index (χ1v) is 11.0.